The first kappa shape index (κ1) is 18.4. The van der Waals surface area contributed by atoms with Crippen molar-refractivity contribution in [2.75, 3.05) is 64.4 Å². The van der Waals surface area contributed by atoms with Gasteiger partial charge >= 0.3 is 6.18 Å². The molecule has 0 aromatic carbocycles. The van der Waals surface area contributed by atoms with Crippen LogP contribution in [-0.4, -0.2) is 64.6 Å². The minimum atomic E-state index is -4.53. The molecule has 0 spiro atoms. The van der Waals surface area contributed by atoms with Gasteiger partial charge in [0.25, 0.3) is 0 Å². The fourth-order valence-corrected chi connectivity index (χ4v) is 1.65. The van der Waals surface area contributed by atoms with E-state index in [-0.39, 0.29) is 11.8 Å². The van der Waals surface area contributed by atoms with Crippen molar-refractivity contribution in [1.29, 1.82) is 0 Å². The molecule has 1 aromatic rings. The normalized spacial score (nSPS) is 11.6. The third kappa shape index (κ3) is 5.30. The summed E-state index contributed by atoms with van der Waals surface area (Å²) in [6, 6.07) is 0.925. The largest absolute Gasteiger partial charge is 0.433 e. The molecule has 0 aliphatic rings. The van der Waals surface area contributed by atoms with E-state index in [0.29, 0.717) is 26.3 Å². The molecule has 0 saturated carbocycles. The Morgan fingerprint density at radius 1 is 1.05 bits per heavy atom. The summed E-state index contributed by atoms with van der Waals surface area (Å²) in [7, 11) is 6.29. The maximum absolute atomic E-state index is 13.0. The van der Waals surface area contributed by atoms with Crippen molar-refractivity contribution in [3.63, 3.8) is 0 Å². The van der Waals surface area contributed by atoms with E-state index in [4.69, 9.17) is 9.47 Å². The highest BCUT2D eigenvalue weighted by atomic mass is 19.4. The lowest BCUT2D eigenvalue weighted by Crippen LogP contribution is -2.33. The second-order valence-electron chi connectivity index (χ2n) is 4.78. The molecule has 0 aliphatic carbocycles. The van der Waals surface area contributed by atoms with Crippen molar-refractivity contribution in [2.45, 2.75) is 6.18 Å². The lowest BCUT2D eigenvalue weighted by atomic mass is 10.3. The fraction of sp³-hybridized carbons (Fsp3) is 0.692. The van der Waals surface area contributed by atoms with E-state index in [1.165, 1.54) is 19.1 Å². The van der Waals surface area contributed by atoms with E-state index in [1.54, 1.807) is 19.0 Å². The van der Waals surface area contributed by atoms with Gasteiger partial charge in [0, 0.05) is 47.5 Å². The SMILES string of the molecule is COCCN(CCOC)c1nc(N(C)C)cc(C(F)(F)F)n1. The van der Waals surface area contributed by atoms with Crippen molar-refractivity contribution in [1.82, 2.24) is 9.97 Å². The van der Waals surface area contributed by atoms with Gasteiger partial charge in [-0.1, -0.05) is 0 Å². The molecule has 1 aromatic heterocycles. The first-order valence-corrected chi connectivity index (χ1v) is 6.66. The summed E-state index contributed by atoms with van der Waals surface area (Å²) in [6.45, 7) is 1.43. The van der Waals surface area contributed by atoms with Crippen LogP contribution in [-0.2, 0) is 15.7 Å². The van der Waals surface area contributed by atoms with Crippen LogP contribution in [0.5, 0.6) is 0 Å². The highest BCUT2D eigenvalue weighted by molar-refractivity contribution is 5.45. The summed E-state index contributed by atoms with van der Waals surface area (Å²) in [4.78, 5) is 10.9. The Morgan fingerprint density at radius 3 is 2.00 bits per heavy atom. The van der Waals surface area contributed by atoms with E-state index in [1.807, 2.05) is 0 Å². The maximum Gasteiger partial charge on any atom is 0.433 e. The smallest absolute Gasteiger partial charge is 0.383 e. The van der Waals surface area contributed by atoms with Crippen molar-refractivity contribution in [3.05, 3.63) is 11.8 Å². The minimum absolute atomic E-state index is 0.00706. The predicted octanol–water partition coefficient (Wildman–Crippen LogP) is 1.66. The monoisotopic (exact) mass is 322 g/mol. The summed E-state index contributed by atoms with van der Waals surface area (Å²) in [5, 5.41) is 0. The van der Waals surface area contributed by atoms with E-state index in [0.717, 1.165) is 6.07 Å². The van der Waals surface area contributed by atoms with Crippen molar-refractivity contribution >= 4 is 11.8 Å². The third-order valence-electron chi connectivity index (χ3n) is 2.86. The van der Waals surface area contributed by atoms with Crippen LogP contribution in [0.15, 0.2) is 6.07 Å². The zero-order valence-corrected chi connectivity index (χ0v) is 13.1. The maximum atomic E-state index is 13.0. The lowest BCUT2D eigenvalue weighted by molar-refractivity contribution is -0.141. The van der Waals surface area contributed by atoms with E-state index < -0.39 is 11.9 Å². The molecule has 0 fully saturated rings. The number of hydrogen-bond acceptors (Lipinski definition) is 6. The number of aromatic nitrogens is 2. The molecule has 0 unspecified atom stereocenters. The van der Waals surface area contributed by atoms with E-state index >= 15 is 0 Å². The molecule has 1 rings (SSSR count). The van der Waals surface area contributed by atoms with Gasteiger partial charge in [0.05, 0.1) is 13.2 Å². The predicted molar refractivity (Wildman–Crippen MR) is 77.3 cm³/mol. The van der Waals surface area contributed by atoms with Crippen LogP contribution >= 0.6 is 0 Å². The Balaban J connectivity index is 3.18. The molecule has 1 heterocycles. The van der Waals surface area contributed by atoms with Crippen LogP contribution in [0.1, 0.15) is 5.69 Å². The average molecular weight is 322 g/mol. The number of nitrogens with zero attached hydrogens (tertiary/aromatic N) is 4. The fourth-order valence-electron chi connectivity index (χ4n) is 1.65. The average Bonchev–Trinajstić information content (AvgIpc) is 2.46. The first-order valence-electron chi connectivity index (χ1n) is 6.66. The molecule has 0 aliphatic heterocycles. The Hall–Kier alpha value is -1.61. The number of halogens is 3. The molecule has 6 nitrogen and oxygen atoms in total. The number of anilines is 2. The van der Waals surface area contributed by atoms with E-state index in [9.17, 15) is 13.2 Å². The minimum Gasteiger partial charge on any atom is -0.383 e. The summed E-state index contributed by atoms with van der Waals surface area (Å²) in [6.07, 6.45) is -4.53. The molecular weight excluding hydrogens is 301 g/mol. The number of methoxy groups -OCH3 is 2. The first-order chi connectivity index (χ1) is 10.3. The Labute approximate surface area is 127 Å². The van der Waals surface area contributed by atoms with E-state index in [2.05, 4.69) is 9.97 Å². The van der Waals surface area contributed by atoms with Crippen LogP contribution in [0.3, 0.4) is 0 Å². The number of hydrogen-bond donors (Lipinski definition) is 0. The quantitative estimate of drug-likeness (QED) is 0.725. The molecule has 126 valence electrons. The summed E-state index contributed by atoms with van der Waals surface area (Å²) >= 11 is 0. The van der Waals surface area contributed by atoms with Crippen molar-refractivity contribution < 1.29 is 22.6 Å². The van der Waals surface area contributed by atoms with Crippen LogP contribution < -0.4 is 9.80 Å². The van der Waals surface area contributed by atoms with Gasteiger partial charge in [-0.2, -0.15) is 18.2 Å². The van der Waals surface area contributed by atoms with Crippen molar-refractivity contribution in [2.24, 2.45) is 0 Å². The highest BCUT2D eigenvalue weighted by Gasteiger charge is 2.34. The Kier molecular flexibility index (Phi) is 6.82. The van der Waals surface area contributed by atoms with Gasteiger partial charge in [0.15, 0.2) is 5.69 Å². The second-order valence-corrected chi connectivity index (χ2v) is 4.78. The van der Waals surface area contributed by atoms with Gasteiger partial charge in [-0.15, -0.1) is 0 Å². The standard InChI is InChI=1S/C13H21F3N4O2/c1-19(2)11-9-10(13(14,15)16)17-12(18-11)20(5-7-21-3)6-8-22-4/h9H,5-8H2,1-4H3. The highest BCUT2D eigenvalue weighted by Crippen LogP contribution is 2.30. The number of ether oxygens (including phenoxy) is 2. The zero-order chi connectivity index (χ0) is 16.8. The number of alkyl halides is 3. The van der Waals surface area contributed by atoms with Crippen LogP contribution in [0.25, 0.3) is 0 Å². The molecule has 0 radical (unpaired) electrons. The summed E-state index contributed by atoms with van der Waals surface area (Å²) < 4.78 is 49.0. The number of rotatable bonds is 8. The molecule has 0 bridgehead atoms. The van der Waals surface area contributed by atoms with Crippen LogP contribution in [0.2, 0.25) is 0 Å². The topological polar surface area (TPSA) is 50.7 Å². The molecule has 0 saturated heterocycles. The van der Waals surface area contributed by atoms with Gasteiger partial charge in [-0.05, 0) is 0 Å². The molecule has 0 amide bonds. The van der Waals surface area contributed by atoms with Gasteiger partial charge in [0.2, 0.25) is 5.95 Å². The van der Waals surface area contributed by atoms with Gasteiger partial charge in [-0.25, -0.2) is 4.98 Å². The summed E-state index contributed by atoms with van der Waals surface area (Å²) in [5.41, 5.74) is -0.971. The summed E-state index contributed by atoms with van der Waals surface area (Å²) in [5.74, 6) is 0.199. The van der Waals surface area contributed by atoms with Gasteiger partial charge in [-0.3, -0.25) is 0 Å². The van der Waals surface area contributed by atoms with Crippen LogP contribution in [0.4, 0.5) is 24.9 Å². The molecular formula is C13H21F3N4O2. The molecule has 0 N–H and O–H groups in total. The zero-order valence-electron chi connectivity index (χ0n) is 13.1. The van der Waals surface area contributed by atoms with Crippen molar-refractivity contribution in [3.8, 4) is 0 Å². The Bertz CT molecular complexity index is 461. The lowest BCUT2D eigenvalue weighted by Gasteiger charge is -2.24. The van der Waals surface area contributed by atoms with Crippen LogP contribution in [0, 0.1) is 0 Å². The Morgan fingerprint density at radius 2 is 1.59 bits per heavy atom. The molecule has 9 heteroatoms. The van der Waals surface area contributed by atoms with Gasteiger partial charge < -0.3 is 19.3 Å². The second kappa shape index (κ2) is 8.14. The molecule has 22 heavy (non-hydrogen) atoms. The molecule has 0 atom stereocenters. The third-order valence-corrected chi connectivity index (χ3v) is 2.86. The van der Waals surface area contributed by atoms with Gasteiger partial charge in [0.1, 0.15) is 5.82 Å².